The van der Waals surface area contributed by atoms with Crippen LogP contribution in [0.1, 0.15) is 45.2 Å². The number of halogens is 2. The van der Waals surface area contributed by atoms with Crippen LogP contribution in [0.5, 0.6) is 0 Å². The Morgan fingerprint density at radius 3 is 2.40 bits per heavy atom. The van der Waals surface area contributed by atoms with Crippen molar-refractivity contribution in [3.05, 3.63) is 33.8 Å². The molecule has 1 N–H and O–H groups in total. The van der Waals surface area contributed by atoms with E-state index in [1.807, 2.05) is 12.1 Å². The second-order valence-corrected chi connectivity index (χ2v) is 6.72. The Hall–Kier alpha value is -0.280. The van der Waals surface area contributed by atoms with Crippen molar-refractivity contribution < 1.29 is 0 Å². The molecule has 1 aliphatic heterocycles. The number of hydrogen-bond donors (Lipinski definition) is 1. The fraction of sp³-hybridized carbons (Fsp3) is 0.625. The van der Waals surface area contributed by atoms with Gasteiger partial charge in [0.1, 0.15) is 0 Å². The van der Waals surface area contributed by atoms with E-state index in [9.17, 15) is 0 Å². The lowest BCUT2D eigenvalue weighted by Gasteiger charge is -2.36. The summed E-state index contributed by atoms with van der Waals surface area (Å²) in [4.78, 5) is 2.54. The van der Waals surface area contributed by atoms with Gasteiger partial charge in [-0.1, -0.05) is 35.3 Å². The van der Waals surface area contributed by atoms with Crippen molar-refractivity contribution in [3.63, 3.8) is 0 Å². The molecule has 1 atom stereocenters. The van der Waals surface area contributed by atoms with Crippen molar-refractivity contribution >= 4 is 23.2 Å². The normalized spacial score (nSPS) is 19.5. The number of benzene rings is 1. The summed E-state index contributed by atoms with van der Waals surface area (Å²) in [5.74, 6) is 0. The van der Waals surface area contributed by atoms with Crippen molar-refractivity contribution in [3.8, 4) is 0 Å². The fourth-order valence-corrected chi connectivity index (χ4v) is 3.35. The topological polar surface area (TPSA) is 15.3 Å². The van der Waals surface area contributed by atoms with E-state index >= 15 is 0 Å². The maximum atomic E-state index is 6.29. The summed E-state index contributed by atoms with van der Waals surface area (Å²) in [6.45, 7) is 9.03. The zero-order valence-electron chi connectivity index (χ0n) is 12.5. The van der Waals surface area contributed by atoms with Gasteiger partial charge in [0.15, 0.2) is 0 Å². The molecule has 1 fully saturated rings. The third-order valence-corrected chi connectivity index (χ3v) is 5.03. The van der Waals surface area contributed by atoms with Gasteiger partial charge < -0.3 is 10.2 Å². The molecule has 1 aromatic rings. The zero-order valence-corrected chi connectivity index (χ0v) is 14.0. The van der Waals surface area contributed by atoms with Crippen LogP contribution in [0.2, 0.25) is 10.0 Å². The van der Waals surface area contributed by atoms with Crippen LogP contribution < -0.4 is 5.32 Å². The van der Waals surface area contributed by atoms with Crippen LogP contribution in [0.15, 0.2) is 18.2 Å². The summed E-state index contributed by atoms with van der Waals surface area (Å²) in [7, 11) is 0. The lowest BCUT2D eigenvalue weighted by atomic mass is 10.0. The van der Waals surface area contributed by atoms with Crippen molar-refractivity contribution in [2.75, 3.05) is 13.1 Å². The largest absolute Gasteiger partial charge is 0.307 e. The molecule has 0 bridgehead atoms. The Bertz CT molecular complexity index is 440. The third kappa shape index (κ3) is 3.88. The summed E-state index contributed by atoms with van der Waals surface area (Å²) in [5, 5.41) is 5.00. The molecule has 1 unspecified atom stereocenters. The average molecular weight is 315 g/mol. The monoisotopic (exact) mass is 314 g/mol. The molecule has 0 aliphatic carbocycles. The molecule has 112 valence electrons. The van der Waals surface area contributed by atoms with E-state index in [0.717, 1.165) is 5.56 Å². The molecule has 1 aliphatic rings. The highest BCUT2D eigenvalue weighted by Gasteiger charge is 2.22. The minimum absolute atomic E-state index is 0.233. The second kappa shape index (κ2) is 7.13. The van der Waals surface area contributed by atoms with Crippen molar-refractivity contribution in [2.24, 2.45) is 0 Å². The summed E-state index contributed by atoms with van der Waals surface area (Å²) in [6.07, 6.45) is 2.39. The Balaban J connectivity index is 1.92. The maximum absolute atomic E-state index is 6.29. The van der Waals surface area contributed by atoms with Crippen LogP contribution in [0.25, 0.3) is 0 Å². The molecule has 0 spiro atoms. The molecule has 2 rings (SSSR count). The Labute approximate surface area is 132 Å². The average Bonchev–Trinajstić information content (AvgIpc) is 2.42. The van der Waals surface area contributed by atoms with E-state index in [0.29, 0.717) is 22.1 Å². The molecule has 0 saturated carbocycles. The molecule has 4 heteroatoms. The number of likely N-dealkylation sites (tertiary alicyclic amines) is 1. The van der Waals surface area contributed by atoms with E-state index in [-0.39, 0.29) is 6.04 Å². The summed E-state index contributed by atoms with van der Waals surface area (Å²) in [6, 6.07) is 7.29. The van der Waals surface area contributed by atoms with Gasteiger partial charge in [-0.3, -0.25) is 0 Å². The van der Waals surface area contributed by atoms with Gasteiger partial charge in [-0.25, -0.2) is 0 Å². The van der Waals surface area contributed by atoms with Crippen LogP contribution >= 0.6 is 23.2 Å². The molecular formula is C16H24Cl2N2. The summed E-state index contributed by atoms with van der Waals surface area (Å²) in [5.41, 5.74) is 1.09. The van der Waals surface area contributed by atoms with Crippen LogP contribution in [0, 0.1) is 0 Å². The van der Waals surface area contributed by atoms with Crippen molar-refractivity contribution in [1.29, 1.82) is 0 Å². The van der Waals surface area contributed by atoms with Gasteiger partial charge in [0.2, 0.25) is 0 Å². The highest BCUT2D eigenvalue weighted by Crippen LogP contribution is 2.30. The molecule has 0 amide bonds. The van der Waals surface area contributed by atoms with E-state index in [1.54, 1.807) is 0 Å². The Morgan fingerprint density at radius 1 is 1.15 bits per heavy atom. The first-order chi connectivity index (χ1) is 9.49. The lowest BCUT2D eigenvalue weighted by Crippen LogP contribution is -2.45. The van der Waals surface area contributed by atoms with Gasteiger partial charge in [0, 0.05) is 18.1 Å². The van der Waals surface area contributed by atoms with E-state index < -0.39 is 0 Å². The molecule has 1 heterocycles. The van der Waals surface area contributed by atoms with Gasteiger partial charge >= 0.3 is 0 Å². The molecule has 1 saturated heterocycles. The van der Waals surface area contributed by atoms with E-state index in [2.05, 4.69) is 37.1 Å². The van der Waals surface area contributed by atoms with E-state index in [4.69, 9.17) is 23.2 Å². The number of piperidine rings is 1. The molecule has 1 aromatic carbocycles. The summed E-state index contributed by atoms with van der Waals surface area (Å²) < 4.78 is 0. The highest BCUT2D eigenvalue weighted by atomic mass is 35.5. The van der Waals surface area contributed by atoms with Crippen LogP contribution in [0.3, 0.4) is 0 Å². The standard InChI is InChI=1S/C16H24Cl2N2/c1-11(2)20-9-7-13(8-10-20)19-12(3)14-5-4-6-15(17)16(14)18/h4-6,11-13,19H,7-10H2,1-3H3. The van der Waals surface area contributed by atoms with Crippen molar-refractivity contribution in [2.45, 2.75) is 51.7 Å². The Kier molecular flexibility index (Phi) is 5.74. The predicted molar refractivity (Wildman–Crippen MR) is 87.7 cm³/mol. The van der Waals surface area contributed by atoms with Crippen LogP contribution in [-0.2, 0) is 0 Å². The third-order valence-electron chi connectivity index (χ3n) is 4.19. The number of rotatable bonds is 4. The molecule has 20 heavy (non-hydrogen) atoms. The second-order valence-electron chi connectivity index (χ2n) is 5.94. The summed E-state index contributed by atoms with van der Waals surface area (Å²) >= 11 is 12.4. The lowest BCUT2D eigenvalue weighted by molar-refractivity contribution is 0.157. The first-order valence-electron chi connectivity index (χ1n) is 7.43. The SMILES string of the molecule is CC(NC1CCN(C(C)C)CC1)c1cccc(Cl)c1Cl. The first kappa shape index (κ1) is 16.1. The molecule has 2 nitrogen and oxygen atoms in total. The van der Waals surface area contributed by atoms with Gasteiger partial charge in [-0.15, -0.1) is 0 Å². The van der Waals surface area contributed by atoms with Gasteiger partial charge in [-0.05, 0) is 58.3 Å². The van der Waals surface area contributed by atoms with Gasteiger partial charge in [0.25, 0.3) is 0 Å². The zero-order chi connectivity index (χ0) is 14.7. The maximum Gasteiger partial charge on any atom is 0.0639 e. The molecular weight excluding hydrogens is 291 g/mol. The number of nitrogens with zero attached hydrogens (tertiary/aromatic N) is 1. The minimum atomic E-state index is 0.233. The van der Waals surface area contributed by atoms with Crippen molar-refractivity contribution in [1.82, 2.24) is 10.2 Å². The number of nitrogens with one attached hydrogen (secondary N) is 1. The molecule has 0 aromatic heterocycles. The van der Waals surface area contributed by atoms with Crippen LogP contribution in [0.4, 0.5) is 0 Å². The fourth-order valence-electron chi connectivity index (χ4n) is 2.88. The van der Waals surface area contributed by atoms with E-state index in [1.165, 1.54) is 25.9 Å². The first-order valence-corrected chi connectivity index (χ1v) is 8.18. The van der Waals surface area contributed by atoms with Gasteiger partial charge in [-0.2, -0.15) is 0 Å². The van der Waals surface area contributed by atoms with Crippen LogP contribution in [-0.4, -0.2) is 30.1 Å². The predicted octanol–water partition coefficient (Wildman–Crippen LogP) is 4.52. The quantitative estimate of drug-likeness (QED) is 0.879. The minimum Gasteiger partial charge on any atom is -0.307 e. The highest BCUT2D eigenvalue weighted by molar-refractivity contribution is 6.42. The number of hydrogen-bond acceptors (Lipinski definition) is 2. The Morgan fingerprint density at radius 2 is 1.80 bits per heavy atom. The smallest absolute Gasteiger partial charge is 0.0639 e. The van der Waals surface area contributed by atoms with Gasteiger partial charge in [0.05, 0.1) is 10.0 Å². The molecule has 0 radical (unpaired) electrons.